The summed E-state index contributed by atoms with van der Waals surface area (Å²) in [5, 5.41) is 9.32. The molecular weight excluding hydrogens is 312 g/mol. The number of aliphatic hydroxyl groups is 1. The summed E-state index contributed by atoms with van der Waals surface area (Å²) in [5.41, 5.74) is 0.181. The van der Waals surface area contributed by atoms with Crippen molar-refractivity contribution in [2.45, 2.75) is 67.1 Å². The summed E-state index contributed by atoms with van der Waals surface area (Å²) in [6.07, 6.45) is 10.8. The first kappa shape index (κ1) is 19.7. The SMILES string of the molecule is Cc1n(CCCn2cc[n+](CC(C)(C)CC(C)CO)c2C)cc[n+]1C. The third-order valence-electron chi connectivity index (χ3n) is 5.26. The van der Waals surface area contributed by atoms with E-state index in [-0.39, 0.29) is 12.0 Å². The van der Waals surface area contributed by atoms with Crippen LogP contribution in [0.25, 0.3) is 0 Å². The largest absolute Gasteiger partial charge is 0.396 e. The van der Waals surface area contributed by atoms with Gasteiger partial charge in [0.15, 0.2) is 0 Å². The van der Waals surface area contributed by atoms with Crippen molar-refractivity contribution in [3.05, 3.63) is 36.4 Å². The van der Waals surface area contributed by atoms with Crippen molar-refractivity contribution in [3.63, 3.8) is 0 Å². The molecule has 2 aromatic heterocycles. The summed E-state index contributed by atoms with van der Waals surface area (Å²) in [7, 11) is 2.09. The first-order valence-corrected chi connectivity index (χ1v) is 9.41. The Balaban J connectivity index is 1.93. The molecule has 0 radical (unpaired) electrons. The van der Waals surface area contributed by atoms with E-state index in [1.54, 1.807) is 0 Å². The zero-order valence-corrected chi connectivity index (χ0v) is 16.9. The Hall–Kier alpha value is -1.62. The van der Waals surface area contributed by atoms with Crippen molar-refractivity contribution >= 4 is 0 Å². The van der Waals surface area contributed by atoms with Crippen LogP contribution in [-0.2, 0) is 26.7 Å². The molecule has 5 nitrogen and oxygen atoms in total. The smallest absolute Gasteiger partial charge is 0.253 e. The van der Waals surface area contributed by atoms with Gasteiger partial charge in [0.1, 0.15) is 24.8 Å². The van der Waals surface area contributed by atoms with Crippen molar-refractivity contribution in [1.82, 2.24) is 9.13 Å². The van der Waals surface area contributed by atoms with Crippen LogP contribution in [0.2, 0.25) is 0 Å². The summed E-state index contributed by atoms with van der Waals surface area (Å²) in [5.74, 6) is 2.95. The molecule has 140 valence electrons. The summed E-state index contributed by atoms with van der Waals surface area (Å²) in [6, 6.07) is 0. The molecule has 0 fully saturated rings. The lowest BCUT2D eigenvalue weighted by Gasteiger charge is -2.25. The second kappa shape index (κ2) is 8.17. The normalized spacial score (nSPS) is 13.4. The lowest BCUT2D eigenvalue weighted by molar-refractivity contribution is -0.714. The second-order valence-electron chi connectivity index (χ2n) is 8.33. The van der Waals surface area contributed by atoms with E-state index < -0.39 is 0 Å². The number of aryl methyl sites for hydroxylation is 3. The first-order valence-electron chi connectivity index (χ1n) is 9.41. The monoisotopic (exact) mass is 348 g/mol. The van der Waals surface area contributed by atoms with Crippen molar-refractivity contribution in [2.75, 3.05) is 6.61 Å². The van der Waals surface area contributed by atoms with Crippen LogP contribution >= 0.6 is 0 Å². The second-order valence-corrected chi connectivity index (χ2v) is 8.33. The molecule has 1 unspecified atom stereocenters. The zero-order valence-electron chi connectivity index (χ0n) is 16.9. The van der Waals surface area contributed by atoms with Gasteiger partial charge in [0, 0.05) is 32.3 Å². The van der Waals surface area contributed by atoms with Crippen LogP contribution in [0.1, 0.15) is 45.3 Å². The number of hydrogen-bond donors (Lipinski definition) is 1. The Bertz CT molecular complexity index is 684. The van der Waals surface area contributed by atoms with E-state index in [1.807, 2.05) is 0 Å². The van der Waals surface area contributed by atoms with Gasteiger partial charge in [0.05, 0.1) is 26.7 Å². The Labute approximate surface area is 152 Å². The summed E-state index contributed by atoms with van der Waals surface area (Å²) < 4.78 is 9.17. The molecule has 0 amide bonds. The van der Waals surface area contributed by atoms with E-state index in [9.17, 15) is 5.11 Å². The van der Waals surface area contributed by atoms with Crippen LogP contribution in [0.15, 0.2) is 24.8 Å². The molecule has 0 aliphatic rings. The highest BCUT2D eigenvalue weighted by atomic mass is 16.3. The number of aromatic nitrogens is 4. The summed E-state index contributed by atoms with van der Waals surface area (Å²) in [6.45, 7) is 14.4. The molecule has 0 saturated carbocycles. The Morgan fingerprint density at radius 1 is 1.08 bits per heavy atom. The van der Waals surface area contributed by atoms with Gasteiger partial charge in [-0.05, 0) is 12.3 Å². The molecule has 0 spiro atoms. The minimum Gasteiger partial charge on any atom is -0.396 e. The number of hydrogen-bond acceptors (Lipinski definition) is 1. The van der Waals surface area contributed by atoms with Crippen LogP contribution in [-0.4, -0.2) is 20.8 Å². The van der Waals surface area contributed by atoms with Crippen molar-refractivity contribution in [1.29, 1.82) is 0 Å². The highest BCUT2D eigenvalue weighted by Crippen LogP contribution is 2.25. The average molecular weight is 349 g/mol. The van der Waals surface area contributed by atoms with E-state index >= 15 is 0 Å². The molecule has 0 saturated heterocycles. The van der Waals surface area contributed by atoms with Gasteiger partial charge in [-0.1, -0.05) is 20.8 Å². The zero-order chi connectivity index (χ0) is 18.6. The van der Waals surface area contributed by atoms with Gasteiger partial charge < -0.3 is 5.11 Å². The number of aliphatic hydroxyl groups excluding tert-OH is 1. The minimum absolute atomic E-state index is 0.181. The fraction of sp³-hybridized carbons (Fsp3) is 0.700. The van der Waals surface area contributed by atoms with Gasteiger partial charge in [-0.2, -0.15) is 0 Å². The van der Waals surface area contributed by atoms with Gasteiger partial charge in [0.2, 0.25) is 0 Å². The predicted octanol–water partition coefficient (Wildman–Crippen LogP) is 2.15. The molecular formula is C20H36N4O+2. The van der Waals surface area contributed by atoms with E-state index in [0.717, 1.165) is 32.5 Å². The van der Waals surface area contributed by atoms with Gasteiger partial charge >= 0.3 is 0 Å². The predicted molar refractivity (Wildman–Crippen MR) is 99.0 cm³/mol. The number of nitrogens with zero attached hydrogens (tertiary/aromatic N) is 4. The molecule has 0 aliphatic carbocycles. The van der Waals surface area contributed by atoms with Crippen LogP contribution < -0.4 is 9.13 Å². The molecule has 2 rings (SSSR count). The van der Waals surface area contributed by atoms with Gasteiger partial charge in [-0.15, -0.1) is 0 Å². The van der Waals surface area contributed by atoms with Gasteiger partial charge in [0.25, 0.3) is 11.6 Å². The standard InChI is InChI=1S/C20H36N4O/c1-17(15-25)14-20(4,5)16-24-13-12-23(19(24)3)9-7-8-22-11-10-21(6)18(22)2/h10-13,17,25H,7-9,14-16H2,1-6H3/q+2. The van der Waals surface area contributed by atoms with Crippen LogP contribution in [0.3, 0.4) is 0 Å². The Morgan fingerprint density at radius 3 is 2.24 bits per heavy atom. The van der Waals surface area contributed by atoms with Crippen LogP contribution in [0.5, 0.6) is 0 Å². The molecule has 5 heteroatoms. The molecule has 2 aromatic rings. The van der Waals surface area contributed by atoms with Gasteiger partial charge in [-0.3, -0.25) is 0 Å². The Morgan fingerprint density at radius 2 is 1.68 bits per heavy atom. The van der Waals surface area contributed by atoms with Gasteiger partial charge in [-0.25, -0.2) is 18.3 Å². The maximum atomic E-state index is 9.32. The van der Waals surface area contributed by atoms with E-state index in [4.69, 9.17) is 0 Å². The van der Waals surface area contributed by atoms with E-state index in [2.05, 4.69) is 84.7 Å². The summed E-state index contributed by atoms with van der Waals surface area (Å²) in [4.78, 5) is 0. The lowest BCUT2D eigenvalue weighted by Crippen LogP contribution is -2.43. The maximum absolute atomic E-state index is 9.32. The molecule has 1 N–H and O–H groups in total. The molecule has 1 atom stereocenters. The minimum atomic E-state index is 0.181. The third-order valence-corrected chi connectivity index (χ3v) is 5.26. The summed E-state index contributed by atoms with van der Waals surface area (Å²) >= 11 is 0. The highest BCUT2D eigenvalue weighted by molar-refractivity contribution is 4.82. The third kappa shape index (κ3) is 5.18. The average Bonchev–Trinajstić information content (AvgIpc) is 3.04. The van der Waals surface area contributed by atoms with Crippen molar-refractivity contribution in [2.24, 2.45) is 18.4 Å². The molecule has 2 heterocycles. The first-order chi connectivity index (χ1) is 11.7. The van der Waals surface area contributed by atoms with E-state index in [0.29, 0.717) is 5.92 Å². The van der Waals surface area contributed by atoms with Crippen LogP contribution in [0, 0.1) is 25.2 Å². The highest BCUT2D eigenvalue weighted by Gasteiger charge is 2.26. The number of rotatable bonds is 9. The van der Waals surface area contributed by atoms with E-state index in [1.165, 1.54) is 11.6 Å². The fourth-order valence-corrected chi connectivity index (χ4v) is 3.73. The quantitative estimate of drug-likeness (QED) is 0.693. The Kier molecular flexibility index (Phi) is 6.44. The lowest BCUT2D eigenvalue weighted by atomic mass is 9.83. The van der Waals surface area contributed by atoms with Crippen molar-refractivity contribution in [3.8, 4) is 0 Å². The van der Waals surface area contributed by atoms with Crippen molar-refractivity contribution < 1.29 is 14.2 Å². The van der Waals surface area contributed by atoms with Crippen LogP contribution in [0.4, 0.5) is 0 Å². The topological polar surface area (TPSA) is 37.9 Å². The molecule has 25 heavy (non-hydrogen) atoms. The maximum Gasteiger partial charge on any atom is 0.253 e. The number of imidazole rings is 2. The fourth-order valence-electron chi connectivity index (χ4n) is 3.73. The molecule has 0 aliphatic heterocycles. The molecule has 0 bridgehead atoms. The molecule has 0 aromatic carbocycles.